The van der Waals surface area contributed by atoms with Crippen LogP contribution in [0.5, 0.6) is 0 Å². The Kier molecular flexibility index (Phi) is 8.31. The molecule has 2 fully saturated rings. The van der Waals surface area contributed by atoms with E-state index in [1.165, 1.54) is 45.3 Å². The summed E-state index contributed by atoms with van der Waals surface area (Å²) >= 11 is 0. The molecule has 2 aliphatic heterocycles. The molecule has 2 unspecified atom stereocenters. The highest BCUT2D eigenvalue weighted by atomic mass is 16.5. The fourth-order valence-corrected chi connectivity index (χ4v) is 4.44. The Balaban J connectivity index is 2.03. The zero-order chi connectivity index (χ0) is 16.7. The van der Waals surface area contributed by atoms with E-state index in [1.807, 2.05) is 14.2 Å². The van der Waals surface area contributed by atoms with Crippen LogP contribution in [0.2, 0.25) is 0 Å². The Hall–Kier alpha value is -0.160. The van der Waals surface area contributed by atoms with Crippen molar-refractivity contribution in [2.24, 2.45) is 11.8 Å². The van der Waals surface area contributed by atoms with E-state index in [2.05, 4.69) is 23.6 Å². The van der Waals surface area contributed by atoms with E-state index < -0.39 is 0 Å². The van der Waals surface area contributed by atoms with Gasteiger partial charge >= 0.3 is 0 Å². The number of piperidine rings is 2. The molecule has 2 heterocycles. The average molecular weight is 327 g/mol. The lowest BCUT2D eigenvalue weighted by atomic mass is 9.81. The molecule has 2 saturated heterocycles. The number of hydrogen-bond acceptors (Lipinski definition) is 4. The Morgan fingerprint density at radius 1 is 0.783 bits per heavy atom. The number of likely N-dealkylation sites (tertiary alicyclic amines) is 2. The maximum absolute atomic E-state index is 5.36. The minimum atomic E-state index is 0.708. The van der Waals surface area contributed by atoms with Crippen LogP contribution in [0.4, 0.5) is 0 Å². The normalized spacial score (nSPS) is 33.9. The van der Waals surface area contributed by atoms with Crippen molar-refractivity contribution in [1.29, 1.82) is 0 Å². The lowest BCUT2D eigenvalue weighted by Crippen LogP contribution is -2.58. The number of rotatable bonds is 8. The summed E-state index contributed by atoms with van der Waals surface area (Å²) in [6.45, 7) is 11.4. The minimum Gasteiger partial charge on any atom is -0.385 e. The highest BCUT2D eigenvalue weighted by molar-refractivity contribution is 4.94. The quantitative estimate of drug-likeness (QED) is 0.640. The monoisotopic (exact) mass is 326 g/mol. The summed E-state index contributed by atoms with van der Waals surface area (Å²) < 4.78 is 10.6. The van der Waals surface area contributed by atoms with Gasteiger partial charge in [-0.25, -0.2) is 0 Å². The zero-order valence-electron chi connectivity index (χ0n) is 15.8. The first kappa shape index (κ1) is 19.2. The number of ether oxygens (including phenoxy) is 2. The summed E-state index contributed by atoms with van der Waals surface area (Å²) in [6, 6.07) is 1.43. The van der Waals surface area contributed by atoms with Gasteiger partial charge in [-0.15, -0.1) is 0 Å². The second-order valence-corrected chi connectivity index (χ2v) is 7.80. The Labute approximate surface area is 143 Å². The Bertz CT molecular complexity index is 324. The molecule has 0 aromatic rings. The van der Waals surface area contributed by atoms with Crippen molar-refractivity contribution in [3.63, 3.8) is 0 Å². The molecule has 0 aromatic heterocycles. The van der Waals surface area contributed by atoms with Gasteiger partial charge in [-0.3, -0.25) is 9.80 Å². The number of hydrogen-bond donors (Lipinski definition) is 0. The fourth-order valence-electron chi connectivity index (χ4n) is 4.44. The molecular formula is C19H38N2O2. The van der Waals surface area contributed by atoms with Crippen molar-refractivity contribution in [3.8, 4) is 0 Å². The van der Waals surface area contributed by atoms with Crippen molar-refractivity contribution >= 4 is 0 Å². The predicted octanol–water partition coefficient (Wildman–Crippen LogP) is 2.87. The maximum atomic E-state index is 5.36. The molecule has 2 rings (SSSR count). The van der Waals surface area contributed by atoms with E-state index in [9.17, 15) is 0 Å². The molecule has 4 atom stereocenters. The third kappa shape index (κ3) is 5.70. The molecular weight excluding hydrogens is 288 g/mol. The first-order valence-electron chi connectivity index (χ1n) is 9.61. The number of nitrogens with zero attached hydrogens (tertiary/aromatic N) is 2. The third-order valence-corrected chi connectivity index (χ3v) is 5.86. The van der Waals surface area contributed by atoms with Crippen LogP contribution in [-0.4, -0.2) is 75.5 Å². The number of methoxy groups -OCH3 is 2. The van der Waals surface area contributed by atoms with Crippen molar-refractivity contribution in [2.45, 2.75) is 58.0 Å². The van der Waals surface area contributed by atoms with Gasteiger partial charge in [0.15, 0.2) is 0 Å². The van der Waals surface area contributed by atoms with E-state index in [0.717, 1.165) is 44.1 Å². The molecule has 0 aliphatic carbocycles. The first-order chi connectivity index (χ1) is 11.2. The highest BCUT2D eigenvalue weighted by Gasteiger charge is 2.37. The Morgan fingerprint density at radius 2 is 1.30 bits per heavy atom. The average Bonchev–Trinajstić information content (AvgIpc) is 2.55. The molecule has 23 heavy (non-hydrogen) atoms. The van der Waals surface area contributed by atoms with Crippen molar-refractivity contribution in [3.05, 3.63) is 0 Å². The molecule has 0 bridgehead atoms. The molecule has 0 radical (unpaired) electrons. The zero-order valence-corrected chi connectivity index (χ0v) is 15.8. The second-order valence-electron chi connectivity index (χ2n) is 7.80. The SMILES string of the molecule is COCCCN1CC[C@H](C)CC1C1C[C@H](C)CCN1CCOC. The van der Waals surface area contributed by atoms with Crippen LogP contribution >= 0.6 is 0 Å². The van der Waals surface area contributed by atoms with Gasteiger partial charge in [0.1, 0.15) is 0 Å². The van der Waals surface area contributed by atoms with E-state index >= 15 is 0 Å². The van der Waals surface area contributed by atoms with Crippen molar-refractivity contribution < 1.29 is 9.47 Å². The van der Waals surface area contributed by atoms with Crippen LogP contribution in [0.3, 0.4) is 0 Å². The van der Waals surface area contributed by atoms with Crippen LogP contribution in [0.15, 0.2) is 0 Å². The topological polar surface area (TPSA) is 24.9 Å². The summed E-state index contributed by atoms with van der Waals surface area (Å²) in [5.41, 5.74) is 0. The summed E-state index contributed by atoms with van der Waals surface area (Å²) in [7, 11) is 3.63. The summed E-state index contributed by atoms with van der Waals surface area (Å²) in [6.07, 6.45) is 6.55. The standard InChI is InChI=1S/C19H38N2O2/c1-16-6-9-20(8-5-12-22-3)18(14-16)19-15-17(2)7-10-21(19)11-13-23-4/h16-19H,5-15H2,1-4H3/t16-,17+,18?,19?/m0/s1. The first-order valence-corrected chi connectivity index (χ1v) is 9.61. The van der Waals surface area contributed by atoms with Crippen LogP contribution < -0.4 is 0 Å². The summed E-state index contributed by atoms with van der Waals surface area (Å²) in [5, 5.41) is 0. The van der Waals surface area contributed by atoms with E-state index in [1.54, 1.807) is 0 Å². The van der Waals surface area contributed by atoms with Gasteiger partial charge in [-0.05, 0) is 57.0 Å². The summed E-state index contributed by atoms with van der Waals surface area (Å²) in [5.74, 6) is 1.72. The van der Waals surface area contributed by atoms with Crippen molar-refractivity contribution in [2.75, 3.05) is 53.6 Å². The fraction of sp³-hybridized carbons (Fsp3) is 1.00. The van der Waals surface area contributed by atoms with E-state index in [0.29, 0.717) is 6.04 Å². The lowest BCUT2D eigenvalue weighted by molar-refractivity contribution is -0.00624. The van der Waals surface area contributed by atoms with Crippen LogP contribution in [0.1, 0.15) is 46.0 Å². The minimum absolute atomic E-state index is 0.708. The van der Waals surface area contributed by atoms with Gasteiger partial charge in [-0.1, -0.05) is 13.8 Å². The Morgan fingerprint density at radius 3 is 1.83 bits per heavy atom. The smallest absolute Gasteiger partial charge is 0.0589 e. The molecule has 136 valence electrons. The van der Waals surface area contributed by atoms with Gasteiger partial charge in [-0.2, -0.15) is 0 Å². The van der Waals surface area contributed by atoms with Crippen LogP contribution in [0, 0.1) is 11.8 Å². The van der Waals surface area contributed by atoms with Crippen LogP contribution in [0.25, 0.3) is 0 Å². The summed E-state index contributed by atoms with van der Waals surface area (Å²) in [4.78, 5) is 5.48. The van der Waals surface area contributed by atoms with Crippen molar-refractivity contribution in [1.82, 2.24) is 9.80 Å². The maximum Gasteiger partial charge on any atom is 0.0589 e. The van der Waals surface area contributed by atoms with Gasteiger partial charge in [0.25, 0.3) is 0 Å². The lowest BCUT2D eigenvalue weighted by Gasteiger charge is -2.49. The van der Waals surface area contributed by atoms with E-state index in [4.69, 9.17) is 9.47 Å². The predicted molar refractivity (Wildman–Crippen MR) is 95.9 cm³/mol. The van der Waals surface area contributed by atoms with Gasteiger partial charge in [0.2, 0.25) is 0 Å². The van der Waals surface area contributed by atoms with E-state index in [-0.39, 0.29) is 0 Å². The molecule has 0 spiro atoms. The largest absolute Gasteiger partial charge is 0.385 e. The molecule has 0 N–H and O–H groups in total. The van der Waals surface area contributed by atoms with Gasteiger partial charge < -0.3 is 9.47 Å². The second kappa shape index (κ2) is 9.97. The molecule has 2 aliphatic rings. The molecule has 0 saturated carbocycles. The molecule has 0 amide bonds. The third-order valence-electron chi connectivity index (χ3n) is 5.86. The molecule has 4 nitrogen and oxygen atoms in total. The molecule has 0 aromatic carbocycles. The van der Waals surface area contributed by atoms with Gasteiger partial charge in [0.05, 0.1) is 6.61 Å². The highest BCUT2D eigenvalue weighted by Crippen LogP contribution is 2.33. The van der Waals surface area contributed by atoms with Gasteiger partial charge in [0, 0.05) is 46.0 Å². The van der Waals surface area contributed by atoms with Crippen LogP contribution in [-0.2, 0) is 9.47 Å². The molecule has 4 heteroatoms.